The highest BCUT2D eigenvalue weighted by Gasteiger charge is 2.24. The second-order valence-corrected chi connectivity index (χ2v) is 7.64. The van der Waals surface area contributed by atoms with Crippen molar-refractivity contribution in [3.63, 3.8) is 0 Å². The molecule has 1 saturated heterocycles. The fourth-order valence-corrected chi connectivity index (χ4v) is 4.03. The van der Waals surface area contributed by atoms with E-state index < -0.39 is 11.6 Å². The smallest absolute Gasteiger partial charge is 0.317 e. The van der Waals surface area contributed by atoms with E-state index in [1.165, 1.54) is 18.6 Å². The SMILES string of the molecule is O=C(NC1CCCCC1)N(Cc1cc(F)cc(F)c1)CC1CCNCC1. The van der Waals surface area contributed by atoms with Crippen molar-refractivity contribution < 1.29 is 13.6 Å². The molecular formula is C20H29F2N3O. The molecule has 2 amide bonds. The lowest BCUT2D eigenvalue weighted by atomic mass is 9.95. The lowest BCUT2D eigenvalue weighted by Gasteiger charge is -2.32. The van der Waals surface area contributed by atoms with Crippen molar-refractivity contribution in [1.29, 1.82) is 0 Å². The Labute approximate surface area is 154 Å². The molecule has 0 unspecified atom stereocenters. The summed E-state index contributed by atoms with van der Waals surface area (Å²) in [6, 6.07) is 3.60. The number of hydrogen-bond acceptors (Lipinski definition) is 2. The summed E-state index contributed by atoms with van der Waals surface area (Å²) >= 11 is 0. The van der Waals surface area contributed by atoms with Crippen LogP contribution in [0.2, 0.25) is 0 Å². The van der Waals surface area contributed by atoms with Crippen LogP contribution < -0.4 is 10.6 Å². The first kappa shape index (κ1) is 19.1. The molecule has 0 spiro atoms. The summed E-state index contributed by atoms with van der Waals surface area (Å²) < 4.78 is 27.1. The molecule has 3 rings (SSSR count). The Balaban J connectivity index is 1.68. The molecule has 26 heavy (non-hydrogen) atoms. The minimum Gasteiger partial charge on any atom is -0.335 e. The molecule has 1 heterocycles. The number of carbonyl (C=O) groups excluding carboxylic acids is 1. The van der Waals surface area contributed by atoms with Gasteiger partial charge >= 0.3 is 6.03 Å². The van der Waals surface area contributed by atoms with Crippen molar-refractivity contribution in [1.82, 2.24) is 15.5 Å². The number of halogens is 2. The minimum atomic E-state index is -0.602. The lowest BCUT2D eigenvalue weighted by molar-refractivity contribution is 0.170. The first-order chi connectivity index (χ1) is 12.6. The number of nitrogens with one attached hydrogen (secondary N) is 2. The molecular weight excluding hydrogens is 336 g/mol. The quantitative estimate of drug-likeness (QED) is 0.833. The van der Waals surface area contributed by atoms with Crippen molar-refractivity contribution >= 4 is 6.03 Å². The maximum atomic E-state index is 13.5. The Hall–Kier alpha value is -1.69. The summed E-state index contributed by atoms with van der Waals surface area (Å²) in [4.78, 5) is 14.6. The molecule has 2 aliphatic rings. The zero-order valence-electron chi connectivity index (χ0n) is 15.3. The molecule has 0 atom stereocenters. The van der Waals surface area contributed by atoms with E-state index in [9.17, 15) is 13.6 Å². The van der Waals surface area contributed by atoms with Gasteiger partial charge in [-0.1, -0.05) is 19.3 Å². The van der Waals surface area contributed by atoms with Gasteiger partial charge in [-0.15, -0.1) is 0 Å². The number of urea groups is 1. The summed E-state index contributed by atoms with van der Waals surface area (Å²) in [5.41, 5.74) is 0.496. The molecule has 1 saturated carbocycles. The van der Waals surface area contributed by atoms with E-state index in [0.29, 0.717) is 18.0 Å². The van der Waals surface area contributed by atoms with Crippen molar-refractivity contribution in [2.45, 2.75) is 57.5 Å². The average Bonchev–Trinajstić information content (AvgIpc) is 2.62. The summed E-state index contributed by atoms with van der Waals surface area (Å²) in [5, 5.41) is 6.47. The van der Waals surface area contributed by atoms with Gasteiger partial charge in [0, 0.05) is 25.2 Å². The third-order valence-electron chi connectivity index (χ3n) is 5.45. The second-order valence-electron chi connectivity index (χ2n) is 7.64. The Morgan fingerprint density at radius 2 is 1.69 bits per heavy atom. The third kappa shape index (κ3) is 5.66. The maximum Gasteiger partial charge on any atom is 0.317 e. The predicted octanol–water partition coefficient (Wildman–Crippen LogP) is 3.81. The van der Waals surface area contributed by atoms with E-state index in [1.807, 2.05) is 0 Å². The van der Waals surface area contributed by atoms with Crippen LogP contribution in [0.3, 0.4) is 0 Å². The van der Waals surface area contributed by atoms with Gasteiger partial charge in [0.25, 0.3) is 0 Å². The molecule has 0 radical (unpaired) electrons. The molecule has 144 valence electrons. The Morgan fingerprint density at radius 3 is 2.35 bits per heavy atom. The van der Waals surface area contributed by atoms with Gasteiger partial charge in [-0.25, -0.2) is 13.6 Å². The van der Waals surface area contributed by atoms with Crippen LogP contribution >= 0.6 is 0 Å². The van der Waals surface area contributed by atoms with E-state index in [-0.39, 0.29) is 18.6 Å². The lowest BCUT2D eigenvalue weighted by Crippen LogP contribution is -2.47. The van der Waals surface area contributed by atoms with E-state index in [0.717, 1.165) is 57.7 Å². The van der Waals surface area contributed by atoms with Crippen LogP contribution in [0.15, 0.2) is 18.2 Å². The fraction of sp³-hybridized carbons (Fsp3) is 0.650. The number of benzene rings is 1. The van der Waals surface area contributed by atoms with Crippen molar-refractivity contribution in [2.75, 3.05) is 19.6 Å². The van der Waals surface area contributed by atoms with E-state index in [1.54, 1.807) is 4.90 Å². The Kier molecular flexibility index (Phi) is 6.83. The predicted molar refractivity (Wildman–Crippen MR) is 97.8 cm³/mol. The van der Waals surface area contributed by atoms with Crippen molar-refractivity contribution in [3.05, 3.63) is 35.4 Å². The normalized spacial score (nSPS) is 19.3. The van der Waals surface area contributed by atoms with Gasteiger partial charge in [0.05, 0.1) is 0 Å². The summed E-state index contributed by atoms with van der Waals surface area (Å²) in [6.45, 7) is 2.77. The molecule has 6 heteroatoms. The van der Waals surface area contributed by atoms with Crippen LogP contribution in [-0.4, -0.2) is 36.6 Å². The summed E-state index contributed by atoms with van der Waals surface area (Å²) in [5.74, 6) is -0.782. The second kappa shape index (κ2) is 9.31. The van der Waals surface area contributed by atoms with Crippen LogP contribution in [0.5, 0.6) is 0 Å². The average molecular weight is 365 g/mol. The Bertz CT molecular complexity index is 578. The van der Waals surface area contributed by atoms with Crippen molar-refractivity contribution in [3.8, 4) is 0 Å². The summed E-state index contributed by atoms with van der Waals surface area (Å²) in [7, 11) is 0. The standard InChI is InChI=1S/C20H29F2N3O/c21-17-10-16(11-18(22)12-17)14-25(13-15-6-8-23-9-7-15)20(26)24-19-4-2-1-3-5-19/h10-12,15,19,23H,1-9,13-14H2,(H,24,26). The monoisotopic (exact) mass is 365 g/mol. The van der Waals surface area contributed by atoms with Gasteiger partial charge < -0.3 is 15.5 Å². The Morgan fingerprint density at radius 1 is 1.04 bits per heavy atom. The van der Waals surface area contributed by atoms with E-state index in [2.05, 4.69) is 10.6 Å². The van der Waals surface area contributed by atoms with Crippen LogP contribution in [-0.2, 0) is 6.54 Å². The van der Waals surface area contributed by atoms with Crippen LogP contribution in [0.4, 0.5) is 13.6 Å². The highest BCUT2D eigenvalue weighted by molar-refractivity contribution is 5.74. The third-order valence-corrected chi connectivity index (χ3v) is 5.45. The minimum absolute atomic E-state index is 0.111. The fourth-order valence-electron chi connectivity index (χ4n) is 4.03. The molecule has 1 aliphatic carbocycles. The summed E-state index contributed by atoms with van der Waals surface area (Å²) in [6.07, 6.45) is 7.59. The van der Waals surface area contributed by atoms with Gasteiger partial charge in [0.1, 0.15) is 11.6 Å². The number of carbonyl (C=O) groups is 1. The van der Waals surface area contributed by atoms with E-state index in [4.69, 9.17) is 0 Å². The first-order valence-corrected chi connectivity index (χ1v) is 9.81. The number of nitrogens with zero attached hydrogens (tertiary/aromatic N) is 1. The highest BCUT2D eigenvalue weighted by Crippen LogP contribution is 2.20. The maximum absolute atomic E-state index is 13.5. The van der Waals surface area contributed by atoms with Gasteiger partial charge in [0.15, 0.2) is 0 Å². The number of rotatable bonds is 5. The molecule has 1 aromatic rings. The van der Waals surface area contributed by atoms with Gasteiger partial charge in [-0.3, -0.25) is 0 Å². The van der Waals surface area contributed by atoms with Gasteiger partial charge in [0.2, 0.25) is 0 Å². The molecule has 0 bridgehead atoms. The zero-order chi connectivity index (χ0) is 18.4. The van der Waals surface area contributed by atoms with Gasteiger partial charge in [-0.2, -0.15) is 0 Å². The number of piperidine rings is 1. The van der Waals surface area contributed by atoms with Crippen LogP contribution in [0.1, 0.15) is 50.5 Å². The number of hydrogen-bond donors (Lipinski definition) is 2. The highest BCUT2D eigenvalue weighted by atomic mass is 19.1. The number of amides is 2. The largest absolute Gasteiger partial charge is 0.335 e. The molecule has 2 N–H and O–H groups in total. The van der Waals surface area contributed by atoms with Crippen molar-refractivity contribution in [2.24, 2.45) is 5.92 Å². The zero-order valence-corrected chi connectivity index (χ0v) is 15.3. The molecule has 0 aromatic heterocycles. The van der Waals surface area contributed by atoms with Crippen LogP contribution in [0, 0.1) is 17.6 Å². The first-order valence-electron chi connectivity index (χ1n) is 9.81. The molecule has 1 aromatic carbocycles. The molecule has 1 aliphatic heterocycles. The molecule has 4 nitrogen and oxygen atoms in total. The van der Waals surface area contributed by atoms with Gasteiger partial charge in [-0.05, 0) is 62.4 Å². The molecule has 2 fully saturated rings. The van der Waals surface area contributed by atoms with Crippen LogP contribution in [0.25, 0.3) is 0 Å². The van der Waals surface area contributed by atoms with E-state index >= 15 is 0 Å². The topological polar surface area (TPSA) is 44.4 Å².